The number of ether oxygens (including phenoxy) is 1. The van der Waals surface area contributed by atoms with Gasteiger partial charge < -0.3 is 15.4 Å². The second-order valence-corrected chi connectivity index (χ2v) is 9.78. The van der Waals surface area contributed by atoms with E-state index in [-0.39, 0.29) is 11.9 Å². The smallest absolute Gasteiger partial charge is 0.242 e. The van der Waals surface area contributed by atoms with Gasteiger partial charge in [-0.05, 0) is 44.1 Å². The van der Waals surface area contributed by atoms with Crippen LogP contribution in [0, 0.1) is 5.92 Å². The minimum absolute atomic E-state index is 0.0238. The number of amides is 1. The molecule has 2 aromatic heterocycles. The monoisotopic (exact) mass is 504 g/mol. The number of carbonyl (C=O) groups is 1. The lowest BCUT2D eigenvalue weighted by atomic mass is 9.84. The van der Waals surface area contributed by atoms with Crippen LogP contribution < -0.4 is 10.6 Å². The lowest BCUT2D eigenvalue weighted by molar-refractivity contribution is -0.122. The normalized spacial score (nSPS) is 14.8. The van der Waals surface area contributed by atoms with Crippen LogP contribution in [-0.4, -0.2) is 51.2 Å². The highest BCUT2D eigenvalue weighted by atomic mass is 16.5. The highest BCUT2D eigenvalue weighted by Crippen LogP contribution is 2.28. The van der Waals surface area contributed by atoms with E-state index in [1.165, 1.54) is 37.7 Å². The Bertz CT molecular complexity index is 1070. The van der Waals surface area contributed by atoms with Gasteiger partial charge >= 0.3 is 0 Å². The number of hydrogen-bond acceptors (Lipinski definition) is 6. The van der Waals surface area contributed by atoms with Crippen molar-refractivity contribution in [1.82, 2.24) is 24.8 Å². The van der Waals surface area contributed by atoms with Crippen LogP contribution >= 0.6 is 0 Å². The van der Waals surface area contributed by atoms with Crippen LogP contribution in [0.15, 0.2) is 55.1 Å². The van der Waals surface area contributed by atoms with E-state index in [4.69, 9.17) is 14.7 Å². The maximum Gasteiger partial charge on any atom is 0.242 e. The van der Waals surface area contributed by atoms with Crippen LogP contribution in [0.2, 0.25) is 0 Å². The number of imidazole rings is 1. The van der Waals surface area contributed by atoms with Crippen molar-refractivity contribution in [3.8, 4) is 5.95 Å². The van der Waals surface area contributed by atoms with Crippen LogP contribution in [0.5, 0.6) is 0 Å². The number of hydrogen-bond donors (Lipinski definition) is 2. The lowest BCUT2D eigenvalue weighted by Crippen LogP contribution is -2.42. The first kappa shape index (κ1) is 26.8. The Morgan fingerprint density at radius 1 is 1.14 bits per heavy atom. The largest absolute Gasteiger partial charge is 0.382 e. The zero-order valence-corrected chi connectivity index (χ0v) is 21.9. The second-order valence-electron chi connectivity index (χ2n) is 9.78. The van der Waals surface area contributed by atoms with Crippen LogP contribution in [0.3, 0.4) is 0 Å². The van der Waals surface area contributed by atoms with Gasteiger partial charge in [0.1, 0.15) is 18.2 Å². The van der Waals surface area contributed by atoms with Crippen LogP contribution in [0.1, 0.15) is 63.1 Å². The molecule has 1 fully saturated rings. The van der Waals surface area contributed by atoms with Gasteiger partial charge in [-0.2, -0.15) is 4.98 Å². The molecule has 1 unspecified atom stereocenters. The Morgan fingerprint density at radius 3 is 2.73 bits per heavy atom. The summed E-state index contributed by atoms with van der Waals surface area (Å²) in [6.07, 6.45) is 14.7. The quantitative estimate of drug-likeness (QED) is 0.308. The van der Waals surface area contributed by atoms with E-state index in [1.807, 2.05) is 25.3 Å². The number of rotatable bonds is 14. The summed E-state index contributed by atoms with van der Waals surface area (Å²) in [5.41, 5.74) is 2.19. The molecule has 4 rings (SSSR count). The van der Waals surface area contributed by atoms with Crippen molar-refractivity contribution in [2.75, 3.05) is 25.1 Å². The third kappa shape index (κ3) is 8.67. The molecule has 2 N–H and O–H groups in total. The Hall–Kier alpha value is -3.26. The van der Waals surface area contributed by atoms with E-state index in [0.717, 1.165) is 31.4 Å². The van der Waals surface area contributed by atoms with Crippen molar-refractivity contribution >= 4 is 11.7 Å². The average Bonchev–Trinajstić information content (AvgIpc) is 3.48. The maximum absolute atomic E-state index is 13.3. The highest BCUT2D eigenvalue weighted by Gasteiger charge is 2.25. The van der Waals surface area contributed by atoms with Crippen molar-refractivity contribution in [3.05, 3.63) is 66.4 Å². The Kier molecular flexibility index (Phi) is 10.5. The van der Waals surface area contributed by atoms with E-state index in [9.17, 15) is 4.79 Å². The van der Waals surface area contributed by atoms with Gasteiger partial charge in [-0.25, -0.2) is 9.97 Å². The molecule has 0 saturated heterocycles. The van der Waals surface area contributed by atoms with E-state index < -0.39 is 0 Å². The number of anilines is 1. The minimum Gasteiger partial charge on any atom is -0.382 e. The van der Waals surface area contributed by atoms with Crippen LogP contribution in [-0.2, 0) is 22.4 Å². The van der Waals surface area contributed by atoms with Gasteiger partial charge in [0.05, 0.1) is 0 Å². The minimum atomic E-state index is -0.345. The maximum atomic E-state index is 13.3. The average molecular weight is 505 g/mol. The molecule has 0 radical (unpaired) electrons. The van der Waals surface area contributed by atoms with Gasteiger partial charge in [-0.3, -0.25) is 9.36 Å². The number of aryl methyl sites for hydroxylation is 2. The zero-order valence-electron chi connectivity index (χ0n) is 21.9. The fraction of sp³-hybridized carbons (Fsp3) is 0.517. The summed E-state index contributed by atoms with van der Waals surface area (Å²) in [5, 5.41) is 6.61. The van der Waals surface area contributed by atoms with Gasteiger partial charge in [0, 0.05) is 43.9 Å². The summed E-state index contributed by atoms with van der Waals surface area (Å²) in [6.45, 7) is 3.94. The van der Waals surface area contributed by atoms with E-state index in [0.29, 0.717) is 37.4 Å². The fourth-order valence-corrected chi connectivity index (χ4v) is 4.92. The predicted molar refractivity (Wildman–Crippen MR) is 146 cm³/mol. The molecule has 0 aliphatic heterocycles. The van der Waals surface area contributed by atoms with Gasteiger partial charge in [-0.1, -0.05) is 62.4 Å². The van der Waals surface area contributed by atoms with Gasteiger partial charge in [-0.15, -0.1) is 0 Å². The van der Waals surface area contributed by atoms with Crippen LogP contribution in [0.4, 0.5) is 5.82 Å². The first-order valence-corrected chi connectivity index (χ1v) is 13.7. The molecule has 8 heteroatoms. The molecule has 3 aromatic rings. The molecule has 1 aromatic carbocycles. The molecule has 1 amide bonds. The van der Waals surface area contributed by atoms with Crippen molar-refractivity contribution in [2.45, 2.75) is 70.8 Å². The van der Waals surface area contributed by atoms with Gasteiger partial charge in [0.15, 0.2) is 0 Å². The molecule has 1 saturated carbocycles. The fourth-order valence-electron chi connectivity index (χ4n) is 4.92. The summed E-state index contributed by atoms with van der Waals surface area (Å²) in [6, 6.07) is 12.0. The molecule has 0 spiro atoms. The molecular formula is C29H40N6O2. The number of nitrogens with one attached hydrogen (secondary N) is 2. The SMILES string of the molecule is CCOCCCNC(=O)C(CC1CCCCC1)Nc1cc(CCc2ccccc2)nc(-n2ccnc2)n1. The lowest BCUT2D eigenvalue weighted by Gasteiger charge is -2.27. The summed E-state index contributed by atoms with van der Waals surface area (Å²) in [4.78, 5) is 27.0. The third-order valence-corrected chi connectivity index (χ3v) is 6.92. The number of carbonyl (C=O) groups excluding carboxylic acids is 1. The van der Waals surface area contributed by atoms with E-state index in [1.54, 1.807) is 17.1 Å². The summed E-state index contributed by atoms with van der Waals surface area (Å²) < 4.78 is 7.22. The third-order valence-electron chi connectivity index (χ3n) is 6.92. The number of aromatic nitrogens is 4. The summed E-state index contributed by atoms with van der Waals surface area (Å²) >= 11 is 0. The molecule has 198 valence electrons. The molecule has 1 aliphatic rings. The Morgan fingerprint density at radius 2 is 1.97 bits per heavy atom. The number of nitrogens with zero attached hydrogens (tertiary/aromatic N) is 4. The summed E-state index contributed by atoms with van der Waals surface area (Å²) in [5.74, 6) is 1.80. The molecule has 1 atom stereocenters. The molecule has 8 nitrogen and oxygen atoms in total. The Balaban J connectivity index is 1.50. The van der Waals surface area contributed by atoms with Gasteiger partial charge in [0.25, 0.3) is 0 Å². The first-order valence-electron chi connectivity index (χ1n) is 13.7. The molecule has 2 heterocycles. The molecule has 1 aliphatic carbocycles. The molecule has 37 heavy (non-hydrogen) atoms. The summed E-state index contributed by atoms with van der Waals surface area (Å²) in [7, 11) is 0. The van der Waals surface area contributed by atoms with Gasteiger partial charge in [0.2, 0.25) is 11.9 Å². The van der Waals surface area contributed by atoms with Crippen LogP contribution in [0.25, 0.3) is 5.95 Å². The topological polar surface area (TPSA) is 94.0 Å². The van der Waals surface area contributed by atoms with Crippen molar-refractivity contribution in [2.24, 2.45) is 5.92 Å². The number of benzene rings is 1. The zero-order chi connectivity index (χ0) is 25.7. The predicted octanol–water partition coefficient (Wildman–Crippen LogP) is 4.74. The Labute approximate surface area is 220 Å². The van der Waals surface area contributed by atoms with Crippen molar-refractivity contribution in [1.29, 1.82) is 0 Å². The first-order chi connectivity index (χ1) is 18.2. The van der Waals surface area contributed by atoms with Crippen molar-refractivity contribution < 1.29 is 9.53 Å². The molecule has 0 bridgehead atoms. The van der Waals surface area contributed by atoms with E-state index >= 15 is 0 Å². The standard InChI is InChI=1S/C29H40N6O2/c1-2-37-19-9-16-31-28(36)26(20-24-12-7-4-8-13-24)33-27-21-25(15-14-23-10-5-3-6-11-23)32-29(34-27)35-18-17-30-22-35/h3,5-6,10-11,17-18,21-22,24,26H,2,4,7-9,12-16,19-20H2,1H3,(H,31,36)(H,32,33,34). The van der Waals surface area contributed by atoms with E-state index in [2.05, 4.69) is 39.9 Å². The molecular weight excluding hydrogens is 464 g/mol. The highest BCUT2D eigenvalue weighted by molar-refractivity contribution is 5.84. The second kappa shape index (κ2) is 14.5. The van der Waals surface area contributed by atoms with Crippen molar-refractivity contribution in [3.63, 3.8) is 0 Å².